The summed E-state index contributed by atoms with van der Waals surface area (Å²) in [6.45, 7) is 3.99. The number of carbonyl (C=O) groups excluding carboxylic acids is 2. The van der Waals surface area contributed by atoms with E-state index in [0.29, 0.717) is 18.1 Å². The van der Waals surface area contributed by atoms with Gasteiger partial charge in [0.1, 0.15) is 6.04 Å². The van der Waals surface area contributed by atoms with Gasteiger partial charge in [-0.15, -0.1) is 0 Å². The van der Waals surface area contributed by atoms with Crippen molar-refractivity contribution in [3.8, 4) is 0 Å². The molecule has 0 saturated carbocycles. The van der Waals surface area contributed by atoms with Crippen LogP contribution >= 0.6 is 0 Å². The molecule has 3 rings (SSSR count). The summed E-state index contributed by atoms with van der Waals surface area (Å²) in [5.74, 6) is -0.586. The number of alkyl halides is 3. The van der Waals surface area contributed by atoms with E-state index in [0.717, 1.165) is 27.6 Å². The molecular formula is C25H31F3N4O4S. The number of carbonyl (C=O) groups is 2. The smallest absolute Gasteiger partial charge is 0.351 e. The van der Waals surface area contributed by atoms with Crippen LogP contribution in [0.25, 0.3) is 0 Å². The Morgan fingerprint density at radius 2 is 1.68 bits per heavy atom. The number of amides is 2. The van der Waals surface area contributed by atoms with Crippen LogP contribution in [0, 0.1) is 0 Å². The molecule has 1 aliphatic heterocycles. The van der Waals surface area contributed by atoms with Crippen molar-refractivity contribution in [2.24, 2.45) is 5.73 Å². The zero-order valence-electron chi connectivity index (χ0n) is 20.7. The molecule has 202 valence electrons. The van der Waals surface area contributed by atoms with Crippen molar-refractivity contribution < 1.29 is 31.2 Å². The predicted octanol–water partition coefficient (Wildman–Crippen LogP) is 2.70. The number of nitrogens with one attached hydrogen (secondary N) is 1. The lowest BCUT2D eigenvalue weighted by Crippen LogP contribution is -2.61. The maximum Gasteiger partial charge on any atom is 0.416 e. The van der Waals surface area contributed by atoms with E-state index in [-0.39, 0.29) is 49.9 Å². The third-order valence-corrected chi connectivity index (χ3v) is 8.17. The highest BCUT2D eigenvalue weighted by atomic mass is 32.2. The zero-order chi connectivity index (χ0) is 27.4. The van der Waals surface area contributed by atoms with E-state index in [2.05, 4.69) is 19.2 Å². The molecule has 1 fully saturated rings. The van der Waals surface area contributed by atoms with Crippen LogP contribution in [0.1, 0.15) is 42.9 Å². The van der Waals surface area contributed by atoms with Crippen LogP contribution in [0.5, 0.6) is 0 Å². The molecule has 2 amide bonds. The van der Waals surface area contributed by atoms with Gasteiger partial charge >= 0.3 is 6.18 Å². The van der Waals surface area contributed by atoms with Crippen molar-refractivity contribution in [1.82, 2.24) is 14.5 Å². The minimum Gasteiger partial charge on any atom is -0.351 e. The molecule has 1 aliphatic rings. The fourth-order valence-corrected chi connectivity index (χ4v) is 5.62. The van der Waals surface area contributed by atoms with Gasteiger partial charge in [0, 0.05) is 39.1 Å². The first-order chi connectivity index (χ1) is 17.3. The summed E-state index contributed by atoms with van der Waals surface area (Å²) in [5.41, 5.74) is 6.43. The van der Waals surface area contributed by atoms with E-state index in [4.69, 9.17) is 5.73 Å². The molecule has 0 aliphatic carbocycles. The normalized spacial score (nSPS) is 17.2. The lowest BCUT2D eigenvalue weighted by molar-refractivity contribution is -0.138. The van der Waals surface area contributed by atoms with Crippen molar-refractivity contribution in [3.05, 3.63) is 65.2 Å². The van der Waals surface area contributed by atoms with Crippen molar-refractivity contribution in [3.63, 3.8) is 0 Å². The van der Waals surface area contributed by atoms with Crippen LogP contribution in [0.4, 0.5) is 13.2 Å². The van der Waals surface area contributed by atoms with Gasteiger partial charge in [0.15, 0.2) is 0 Å². The van der Waals surface area contributed by atoms with Gasteiger partial charge in [-0.25, -0.2) is 8.42 Å². The number of nitrogens with two attached hydrogens (primary N) is 1. The van der Waals surface area contributed by atoms with Crippen LogP contribution in [-0.4, -0.2) is 61.7 Å². The summed E-state index contributed by atoms with van der Waals surface area (Å²) in [4.78, 5) is 26.7. The van der Waals surface area contributed by atoms with E-state index in [1.807, 2.05) is 24.3 Å². The molecule has 0 bridgehead atoms. The number of nitrogens with zero attached hydrogens (tertiary/aromatic N) is 2. The van der Waals surface area contributed by atoms with Gasteiger partial charge in [0.2, 0.25) is 21.8 Å². The number of halogens is 3. The second-order valence-electron chi connectivity index (χ2n) is 9.15. The van der Waals surface area contributed by atoms with Gasteiger partial charge in [0.25, 0.3) is 0 Å². The summed E-state index contributed by atoms with van der Waals surface area (Å²) < 4.78 is 66.5. The Morgan fingerprint density at radius 3 is 2.22 bits per heavy atom. The molecule has 8 nitrogen and oxygen atoms in total. The van der Waals surface area contributed by atoms with Gasteiger partial charge < -0.3 is 16.0 Å². The Bertz CT molecular complexity index is 1200. The second-order valence-corrected chi connectivity index (χ2v) is 11.0. The molecule has 1 heterocycles. The highest BCUT2D eigenvalue weighted by Gasteiger charge is 2.41. The maximum absolute atomic E-state index is 13.4. The molecule has 0 spiro atoms. The quantitative estimate of drug-likeness (QED) is 0.535. The van der Waals surface area contributed by atoms with Gasteiger partial charge in [-0.05, 0) is 41.3 Å². The van der Waals surface area contributed by atoms with E-state index < -0.39 is 33.7 Å². The molecular weight excluding hydrogens is 509 g/mol. The van der Waals surface area contributed by atoms with E-state index in [1.165, 1.54) is 4.90 Å². The maximum atomic E-state index is 13.4. The molecule has 1 saturated heterocycles. The van der Waals surface area contributed by atoms with E-state index in [1.54, 1.807) is 0 Å². The summed E-state index contributed by atoms with van der Waals surface area (Å²) in [6, 6.07) is 9.47. The second kappa shape index (κ2) is 11.6. The summed E-state index contributed by atoms with van der Waals surface area (Å²) in [6.07, 6.45) is -4.57. The molecule has 3 N–H and O–H groups in total. The van der Waals surface area contributed by atoms with Crippen molar-refractivity contribution >= 4 is 21.8 Å². The predicted molar refractivity (Wildman–Crippen MR) is 132 cm³/mol. The molecule has 1 atom stereocenters. The molecule has 2 aromatic rings. The first kappa shape index (κ1) is 28.6. The van der Waals surface area contributed by atoms with Crippen molar-refractivity contribution in [2.75, 3.05) is 26.2 Å². The summed E-state index contributed by atoms with van der Waals surface area (Å²) >= 11 is 0. The van der Waals surface area contributed by atoms with Crippen molar-refractivity contribution in [2.45, 2.75) is 49.8 Å². The Hall–Kier alpha value is -2.96. The SMILES string of the molecule is CC(C)c1ccc(CNC(=O)[C@H]2CN(C(=O)CCN)CCN2S(=O)(=O)c2ccc(C(F)(F)F)cc2)cc1. The number of hydrogen-bond donors (Lipinski definition) is 2. The lowest BCUT2D eigenvalue weighted by Gasteiger charge is -2.39. The fraction of sp³-hybridized carbons (Fsp3) is 0.440. The number of piperazine rings is 1. The van der Waals surface area contributed by atoms with E-state index >= 15 is 0 Å². The lowest BCUT2D eigenvalue weighted by atomic mass is 10.0. The minimum atomic E-state index is -4.62. The van der Waals surface area contributed by atoms with Crippen LogP contribution in [0.15, 0.2) is 53.4 Å². The molecule has 12 heteroatoms. The third-order valence-electron chi connectivity index (χ3n) is 6.25. The monoisotopic (exact) mass is 540 g/mol. The average Bonchev–Trinajstić information content (AvgIpc) is 2.86. The van der Waals surface area contributed by atoms with Gasteiger partial charge in [-0.1, -0.05) is 38.1 Å². The van der Waals surface area contributed by atoms with Crippen LogP contribution < -0.4 is 11.1 Å². The fourth-order valence-electron chi connectivity index (χ4n) is 4.05. The topological polar surface area (TPSA) is 113 Å². The summed E-state index contributed by atoms with van der Waals surface area (Å²) in [7, 11) is -4.34. The number of benzene rings is 2. The Labute approximate surface area is 214 Å². The Morgan fingerprint density at radius 1 is 1.05 bits per heavy atom. The number of sulfonamides is 1. The average molecular weight is 541 g/mol. The minimum absolute atomic E-state index is 0.0269. The number of hydrogen-bond acceptors (Lipinski definition) is 5. The Kier molecular flexibility index (Phi) is 8.98. The molecule has 2 aromatic carbocycles. The molecule has 0 radical (unpaired) electrons. The molecule has 0 unspecified atom stereocenters. The van der Waals surface area contributed by atoms with Crippen LogP contribution in [0.3, 0.4) is 0 Å². The van der Waals surface area contributed by atoms with E-state index in [9.17, 15) is 31.2 Å². The van der Waals surface area contributed by atoms with Crippen LogP contribution in [0.2, 0.25) is 0 Å². The largest absolute Gasteiger partial charge is 0.416 e. The number of rotatable bonds is 8. The zero-order valence-corrected chi connectivity index (χ0v) is 21.5. The first-order valence-corrected chi connectivity index (χ1v) is 13.3. The van der Waals surface area contributed by atoms with Gasteiger partial charge in [-0.3, -0.25) is 9.59 Å². The molecule has 37 heavy (non-hydrogen) atoms. The highest BCUT2D eigenvalue weighted by Crippen LogP contribution is 2.31. The van der Waals surface area contributed by atoms with Gasteiger partial charge in [-0.2, -0.15) is 17.5 Å². The van der Waals surface area contributed by atoms with Crippen LogP contribution in [-0.2, 0) is 32.3 Å². The summed E-state index contributed by atoms with van der Waals surface area (Å²) in [5, 5.41) is 2.73. The first-order valence-electron chi connectivity index (χ1n) is 11.9. The Balaban J connectivity index is 1.84. The van der Waals surface area contributed by atoms with Gasteiger partial charge in [0.05, 0.1) is 10.5 Å². The van der Waals surface area contributed by atoms with Crippen molar-refractivity contribution in [1.29, 1.82) is 0 Å². The third kappa shape index (κ3) is 6.88. The standard InChI is InChI=1S/C25H31F3N4O4S/c1-17(2)19-5-3-18(4-6-19)15-30-24(34)22-16-31(23(33)11-12-29)13-14-32(22)37(35,36)21-9-7-20(8-10-21)25(26,27)28/h3-10,17,22H,11-16,29H2,1-2H3,(H,30,34)/t22-/m1/s1. The highest BCUT2D eigenvalue weighted by molar-refractivity contribution is 7.89. The molecule has 0 aromatic heterocycles.